The normalized spacial score (nSPS) is 11.5. The van der Waals surface area contributed by atoms with Crippen LogP contribution in [0.3, 0.4) is 0 Å². The Bertz CT molecular complexity index is 655. The predicted molar refractivity (Wildman–Crippen MR) is 81.9 cm³/mol. The molecule has 0 radical (unpaired) electrons. The van der Waals surface area contributed by atoms with E-state index in [2.05, 4.69) is 5.32 Å². The van der Waals surface area contributed by atoms with Crippen LogP contribution in [0.15, 0.2) is 54.6 Å². The van der Waals surface area contributed by atoms with Gasteiger partial charge in [0.05, 0.1) is 19.6 Å². The summed E-state index contributed by atoms with van der Waals surface area (Å²) in [6, 6.07) is 15.1. The number of methoxy groups -OCH3 is 1. The number of carboxylic acid groups (broad SMARTS) is 1. The second kappa shape index (κ2) is 7.26. The molecule has 2 N–H and O–H groups in total. The van der Waals surface area contributed by atoms with Crippen LogP contribution in [-0.2, 0) is 4.79 Å². The number of rotatable bonds is 6. The van der Waals surface area contributed by atoms with Gasteiger partial charge in [-0.1, -0.05) is 30.3 Å². The Morgan fingerprint density at radius 1 is 1.14 bits per heavy atom. The van der Waals surface area contributed by atoms with Gasteiger partial charge in [0.25, 0.3) is 5.91 Å². The summed E-state index contributed by atoms with van der Waals surface area (Å²) in [4.78, 5) is 23.3. The zero-order valence-corrected chi connectivity index (χ0v) is 12.2. The summed E-state index contributed by atoms with van der Waals surface area (Å²) in [6.45, 7) is 0. The van der Waals surface area contributed by atoms with Crippen LogP contribution in [-0.4, -0.2) is 24.1 Å². The molecule has 0 spiro atoms. The lowest BCUT2D eigenvalue weighted by atomic mass is 10.0. The van der Waals surface area contributed by atoms with Crippen LogP contribution in [0.2, 0.25) is 0 Å². The molecule has 2 aromatic carbocycles. The van der Waals surface area contributed by atoms with Gasteiger partial charge in [0.15, 0.2) is 0 Å². The van der Waals surface area contributed by atoms with Crippen molar-refractivity contribution in [3.63, 3.8) is 0 Å². The molecule has 1 amide bonds. The Hall–Kier alpha value is -2.82. The van der Waals surface area contributed by atoms with E-state index in [0.717, 1.165) is 0 Å². The molecule has 0 fully saturated rings. The second-order valence-corrected chi connectivity index (χ2v) is 4.77. The molecule has 1 unspecified atom stereocenters. The van der Waals surface area contributed by atoms with Gasteiger partial charge >= 0.3 is 5.97 Å². The third-order valence-corrected chi connectivity index (χ3v) is 3.22. The van der Waals surface area contributed by atoms with Crippen molar-refractivity contribution in [2.24, 2.45) is 0 Å². The van der Waals surface area contributed by atoms with E-state index in [1.807, 2.05) is 6.07 Å². The number of benzene rings is 2. The minimum absolute atomic E-state index is 0.203. The van der Waals surface area contributed by atoms with Gasteiger partial charge < -0.3 is 15.2 Å². The Morgan fingerprint density at radius 2 is 1.86 bits per heavy atom. The van der Waals surface area contributed by atoms with E-state index in [-0.39, 0.29) is 12.3 Å². The first kappa shape index (κ1) is 15.6. The molecule has 114 valence electrons. The van der Waals surface area contributed by atoms with Gasteiger partial charge in [-0.05, 0) is 29.8 Å². The second-order valence-electron chi connectivity index (χ2n) is 4.77. The Labute approximate surface area is 128 Å². The van der Waals surface area contributed by atoms with E-state index in [4.69, 9.17) is 9.84 Å². The average Bonchev–Trinajstić information content (AvgIpc) is 2.54. The van der Waals surface area contributed by atoms with Crippen LogP contribution in [0.5, 0.6) is 5.75 Å². The number of hydrogen-bond acceptors (Lipinski definition) is 3. The minimum atomic E-state index is -0.985. The van der Waals surface area contributed by atoms with Gasteiger partial charge in [0.2, 0.25) is 0 Å². The lowest BCUT2D eigenvalue weighted by molar-refractivity contribution is -0.137. The summed E-state index contributed by atoms with van der Waals surface area (Å²) < 4.78 is 5.14. The maximum Gasteiger partial charge on any atom is 0.305 e. The third-order valence-electron chi connectivity index (χ3n) is 3.22. The van der Waals surface area contributed by atoms with Crippen molar-refractivity contribution in [3.8, 4) is 5.75 Å². The molecule has 2 rings (SSSR count). The highest BCUT2D eigenvalue weighted by Gasteiger charge is 2.19. The number of aliphatic carboxylic acids is 1. The Kier molecular flexibility index (Phi) is 5.14. The molecule has 5 heteroatoms. The third kappa shape index (κ3) is 4.09. The van der Waals surface area contributed by atoms with Crippen LogP contribution >= 0.6 is 0 Å². The highest BCUT2D eigenvalue weighted by atomic mass is 16.5. The molecular formula is C17H17NO4. The SMILES string of the molecule is COc1cccc(C(CC(=O)O)NC(=O)c2ccccc2)c1. The number of amides is 1. The van der Waals surface area contributed by atoms with E-state index in [1.54, 1.807) is 48.5 Å². The van der Waals surface area contributed by atoms with Gasteiger partial charge in [0.1, 0.15) is 5.75 Å². The Morgan fingerprint density at radius 3 is 2.50 bits per heavy atom. The van der Waals surface area contributed by atoms with Crippen molar-refractivity contribution in [1.82, 2.24) is 5.32 Å². The van der Waals surface area contributed by atoms with E-state index >= 15 is 0 Å². The van der Waals surface area contributed by atoms with Crippen LogP contribution in [0, 0.1) is 0 Å². The first-order valence-corrected chi connectivity index (χ1v) is 6.82. The number of carbonyl (C=O) groups excluding carboxylic acids is 1. The summed E-state index contributed by atoms with van der Waals surface area (Å²) in [6.07, 6.45) is -0.203. The molecule has 5 nitrogen and oxygen atoms in total. The fourth-order valence-corrected chi connectivity index (χ4v) is 2.12. The number of ether oxygens (including phenoxy) is 1. The van der Waals surface area contributed by atoms with E-state index < -0.39 is 12.0 Å². The summed E-state index contributed by atoms with van der Waals surface area (Å²) >= 11 is 0. The zero-order chi connectivity index (χ0) is 15.9. The molecule has 1 atom stereocenters. The quantitative estimate of drug-likeness (QED) is 0.859. The molecule has 22 heavy (non-hydrogen) atoms. The van der Waals surface area contributed by atoms with Gasteiger partial charge in [-0.3, -0.25) is 9.59 Å². The molecular weight excluding hydrogens is 282 g/mol. The van der Waals surface area contributed by atoms with E-state index in [9.17, 15) is 9.59 Å². The molecule has 0 aromatic heterocycles. The number of hydrogen-bond donors (Lipinski definition) is 2. The molecule has 0 bridgehead atoms. The molecule has 0 saturated heterocycles. The summed E-state index contributed by atoms with van der Waals surface area (Å²) in [5.74, 6) is -0.683. The van der Waals surface area contributed by atoms with Crippen molar-refractivity contribution >= 4 is 11.9 Å². The molecule has 0 aliphatic carbocycles. The molecule has 0 saturated carbocycles. The predicted octanol–water partition coefficient (Wildman–Crippen LogP) is 2.64. The van der Waals surface area contributed by atoms with Crippen molar-refractivity contribution < 1.29 is 19.4 Å². The van der Waals surface area contributed by atoms with Crippen molar-refractivity contribution in [1.29, 1.82) is 0 Å². The minimum Gasteiger partial charge on any atom is -0.497 e. The van der Waals surface area contributed by atoms with Gasteiger partial charge in [0, 0.05) is 5.56 Å². The molecule has 0 heterocycles. The van der Waals surface area contributed by atoms with Crippen LogP contribution in [0.25, 0.3) is 0 Å². The topological polar surface area (TPSA) is 75.6 Å². The zero-order valence-electron chi connectivity index (χ0n) is 12.2. The fourth-order valence-electron chi connectivity index (χ4n) is 2.12. The summed E-state index contributed by atoms with van der Waals surface area (Å²) in [5, 5.41) is 11.8. The smallest absolute Gasteiger partial charge is 0.305 e. The Balaban J connectivity index is 2.22. The largest absolute Gasteiger partial charge is 0.497 e. The first-order chi connectivity index (χ1) is 10.6. The van der Waals surface area contributed by atoms with Crippen LogP contribution < -0.4 is 10.1 Å². The number of carboxylic acids is 1. The standard InChI is InChI=1S/C17H17NO4/c1-22-14-9-5-8-13(10-14)15(11-16(19)20)18-17(21)12-6-3-2-4-7-12/h2-10,15H,11H2,1H3,(H,18,21)(H,19,20). The number of nitrogens with one attached hydrogen (secondary N) is 1. The lowest BCUT2D eigenvalue weighted by Crippen LogP contribution is -2.30. The summed E-state index contributed by atoms with van der Waals surface area (Å²) in [5.41, 5.74) is 1.17. The number of carbonyl (C=O) groups is 2. The fraction of sp³-hybridized carbons (Fsp3) is 0.176. The highest BCUT2D eigenvalue weighted by Crippen LogP contribution is 2.22. The van der Waals surface area contributed by atoms with Crippen LogP contribution in [0.4, 0.5) is 0 Å². The van der Waals surface area contributed by atoms with Gasteiger partial charge in [-0.2, -0.15) is 0 Å². The van der Waals surface area contributed by atoms with E-state index in [1.165, 1.54) is 7.11 Å². The van der Waals surface area contributed by atoms with Gasteiger partial charge in [-0.15, -0.1) is 0 Å². The highest BCUT2D eigenvalue weighted by molar-refractivity contribution is 5.94. The first-order valence-electron chi connectivity index (χ1n) is 6.82. The van der Waals surface area contributed by atoms with Crippen molar-refractivity contribution in [2.45, 2.75) is 12.5 Å². The molecule has 0 aliphatic rings. The summed E-state index contributed by atoms with van der Waals surface area (Å²) in [7, 11) is 1.54. The van der Waals surface area contributed by atoms with Crippen molar-refractivity contribution in [2.75, 3.05) is 7.11 Å². The molecule has 0 aliphatic heterocycles. The monoisotopic (exact) mass is 299 g/mol. The van der Waals surface area contributed by atoms with Gasteiger partial charge in [-0.25, -0.2) is 0 Å². The maximum absolute atomic E-state index is 12.2. The molecule has 2 aromatic rings. The van der Waals surface area contributed by atoms with Crippen LogP contribution in [0.1, 0.15) is 28.4 Å². The van der Waals surface area contributed by atoms with Crippen molar-refractivity contribution in [3.05, 3.63) is 65.7 Å². The lowest BCUT2D eigenvalue weighted by Gasteiger charge is -2.18. The van der Waals surface area contributed by atoms with E-state index in [0.29, 0.717) is 16.9 Å². The maximum atomic E-state index is 12.2. The average molecular weight is 299 g/mol.